The molecule has 24 heavy (non-hydrogen) atoms. The summed E-state index contributed by atoms with van der Waals surface area (Å²) in [6.07, 6.45) is 1.31. The lowest BCUT2D eigenvalue weighted by Gasteiger charge is -2.26. The van der Waals surface area contributed by atoms with Gasteiger partial charge in [-0.15, -0.1) is 0 Å². The molecule has 1 unspecified atom stereocenters. The predicted octanol–water partition coefficient (Wildman–Crippen LogP) is -0.416. The molecule has 0 aromatic carbocycles. The van der Waals surface area contributed by atoms with E-state index in [2.05, 4.69) is 15.3 Å². The van der Waals surface area contributed by atoms with Gasteiger partial charge in [0.1, 0.15) is 11.9 Å². The van der Waals surface area contributed by atoms with Crippen molar-refractivity contribution in [3.05, 3.63) is 12.3 Å². The predicted molar refractivity (Wildman–Crippen MR) is 85.7 cm³/mol. The number of nitrogens with zero attached hydrogens (tertiary/aromatic N) is 4. The molecule has 2 aliphatic rings. The molecule has 0 radical (unpaired) electrons. The molecule has 2 saturated heterocycles. The molecule has 0 spiro atoms. The monoisotopic (exact) mass is 337 g/mol. The highest BCUT2D eigenvalue weighted by Crippen LogP contribution is 2.20. The van der Waals surface area contributed by atoms with Crippen LogP contribution < -0.4 is 10.2 Å². The Morgan fingerprint density at radius 1 is 1.42 bits per heavy atom. The largest absolute Gasteiger partial charge is 0.442 e. The Balaban J connectivity index is 1.40. The van der Waals surface area contributed by atoms with Gasteiger partial charge in [-0.1, -0.05) is 0 Å². The molecule has 9 heteroatoms. The minimum atomic E-state index is -0.411. The van der Waals surface area contributed by atoms with Crippen molar-refractivity contribution in [2.75, 3.05) is 50.8 Å². The number of amides is 2. The van der Waals surface area contributed by atoms with E-state index in [1.54, 1.807) is 24.0 Å². The van der Waals surface area contributed by atoms with E-state index in [1.165, 1.54) is 4.90 Å². The maximum Gasteiger partial charge on any atom is 0.416 e. The Morgan fingerprint density at radius 3 is 2.92 bits per heavy atom. The molecule has 2 fully saturated rings. The van der Waals surface area contributed by atoms with Gasteiger partial charge >= 0.3 is 6.09 Å². The third-order valence-electron chi connectivity index (χ3n) is 4.23. The van der Waals surface area contributed by atoms with Crippen LogP contribution in [0.2, 0.25) is 0 Å². The van der Waals surface area contributed by atoms with Crippen LogP contribution in [0, 0.1) is 0 Å². The van der Waals surface area contributed by atoms with E-state index in [1.807, 2.05) is 0 Å². The summed E-state index contributed by atoms with van der Waals surface area (Å²) in [7, 11) is 1.77. The van der Waals surface area contributed by atoms with Crippen molar-refractivity contribution in [3.63, 3.8) is 0 Å². The van der Waals surface area contributed by atoms with E-state index in [4.69, 9.17) is 9.47 Å². The van der Waals surface area contributed by atoms with Crippen LogP contribution >= 0.6 is 0 Å². The first-order valence-electron chi connectivity index (χ1n) is 8.16. The Kier molecular flexibility index (Phi) is 5.31. The average Bonchev–Trinajstić information content (AvgIpc) is 3.17. The second-order valence-electron chi connectivity index (χ2n) is 5.94. The van der Waals surface area contributed by atoms with Gasteiger partial charge in [-0.25, -0.2) is 4.79 Å². The third kappa shape index (κ3) is 4.04. The quantitative estimate of drug-likeness (QED) is 0.759. The van der Waals surface area contributed by atoms with E-state index in [-0.39, 0.29) is 12.0 Å². The second kappa shape index (κ2) is 7.63. The van der Waals surface area contributed by atoms with Crippen LogP contribution in [0.5, 0.6) is 0 Å². The lowest BCUT2D eigenvalue weighted by atomic mass is 10.3. The van der Waals surface area contributed by atoms with E-state index >= 15 is 0 Å². The molecule has 132 valence electrons. The standard InChI is InChI=1S/C15H23N5O4/c1-18-14(2-4-17-18)20-11-12(24-15(20)22)10-16-13(21)3-5-19-6-8-23-9-7-19/h2,4,12H,3,5-11H2,1H3,(H,16,21). The van der Waals surface area contributed by atoms with Crippen LogP contribution in [-0.4, -0.2) is 78.7 Å². The lowest BCUT2D eigenvalue weighted by Crippen LogP contribution is -2.40. The number of hydrogen-bond donors (Lipinski definition) is 1. The smallest absolute Gasteiger partial charge is 0.416 e. The highest BCUT2D eigenvalue weighted by molar-refractivity contribution is 5.88. The molecule has 1 aromatic rings. The second-order valence-corrected chi connectivity index (χ2v) is 5.94. The van der Waals surface area contributed by atoms with Crippen molar-refractivity contribution >= 4 is 17.8 Å². The lowest BCUT2D eigenvalue weighted by molar-refractivity contribution is -0.122. The fourth-order valence-electron chi connectivity index (χ4n) is 2.85. The van der Waals surface area contributed by atoms with Gasteiger partial charge in [0.2, 0.25) is 5.91 Å². The van der Waals surface area contributed by atoms with Crippen LogP contribution in [0.25, 0.3) is 0 Å². The number of ether oxygens (including phenoxy) is 2. The molecular weight excluding hydrogens is 314 g/mol. The van der Waals surface area contributed by atoms with Gasteiger partial charge in [0.05, 0.1) is 32.5 Å². The molecule has 2 amide bonds. The zero-order valence-electron chi connectivity index (χ0n) is 13.8. The first-order chi connectivity index (χ1) is 11.6. The number of aromatic nitrogens is 2. The maximum atomic E-state index is 12.0. The number of rotatable bonds is 6. The molecule has 0 aliphatic carbocycles. The first-order valence-corrected chi connectivity index (χ1v) is 8.16. The average molecular weight is 337 g/mol. The summed E-state index contributed by atoms with van der Waals surface area (Å²) < 4.78 is 12.2. The van der Waals surface area contributed by atoms with E-state index < -0.39 is 6.09 Å². The SMILES string of the molecule is Cn1nccc1N1CC(CNC(=O)CCN2CCOCC2)OC1=O. The highest BCUT2D eigenvalue weighted by Gasteiger charge is 2.33. The number of nitrogens with one attached hydrogen (secondary N) is 1. The van der Waals surface area contributed by atoms with Gasteiger partial charge in [-0.05, 0) is 0 Å². The number of carbonyl (C=O) groups is 2. The first kappa shape index (κ1) is 16.7. The Labute approximate surface area is 140 Å². The number of morpholine rings is 1. The van der Waals surface area contributed by atoms with Crippen LogP contribution in [-0.2, 0) is 21.3 Å². The van der Waals surface area contributed by atoms with E-state index in [0.29, 0.717) is 25.3 Å². The van der Waals surface area contributed by atoms with Crippen molar-refractivity contribution < 1.29 is 19.1 Å². The minimum Gasteiger partial charge on any atom is -0.442 e. The van der Waals surface area contributed by atoms with Gasteiger partial charge in [0, 0.05) is 39.2 Å². The number of cyclic esters (lactones) is 1. The molecule has 9 nitrogen and oxygen atoms in total. The van der Waals surface area contributed by atoms with E-state index in [0.717, 1.165) is 32.8 Å². The van der Waals surface area contributed by atoms with Crippen LogP contribution in [0.3, 0.4) is 0 Å². The molecular formula is C15H23N5O4. The number of hydrogen-bond acceptors (Lipinski definition) is 6. The summed E-state index contributed by atoms with van der Waals surface area (Å²) in [5.41, 5.74) is 0. The van der Waals surface area contributed by atoms with Gasteiger partial charge in [0.15, 0.2) is 0 Å². The summed E-state index contributed by atoms with van der Waals surface area (Å²) in [5, 5.41) is 6.89. The van der Waals surface area contributed by atoms with Crippen molar-refractivity contribution in [2.24, 2.45) is 7.05 Å². The normalized spacial score (nSPS) is 21.8. The molecule has 0 bridgehead atoms. The topological polar surface area (TPSA) is 88.9 Å². The number of aryl methyl sites for hydroxylation is 1. The zero-order chi connectivity index (χ0) is 16.9. The zero-order valence-corrected chi connectivity index (χ0v) is 13.8. The van der Waals surface area contributed by atoms with Crippen molar-refractivity contribution in [1.29, 1.82) is 0 Å². The fraction of sp³-hybridized carbons (Fsp3) is 0.667. The summed E-state index contributed by atoms with van der Waals surface area (Å²) in [6, 6.07) is 1.75. The van der Waals surface area contributed by atoms with Crippen LogP contribution in [0.1, 0.15) is 6.42 Å². The number of anilines is 1. The van der Waals surface area contributed by atoms with E-state index in [9.17, 15) is 9.59 Å². The van der Waals surface area contributed by atoms with Crippen molar-refractivity contribution in [1.82, 2.24) is 20.0 Å². The van der Waals surface area contributed by atoms with Gasteiger partial charge in [0.25, 0.3) is 0 Å². The molecule has 1 atom stereocenters. The Bertz CT molecular complexity index is 584. The summed E-state index contributed by atoms with van der Waals surface area (Å²) in [4.78, 5) is 27.6. The van der Waals surface area contributed by atoms with Crippen molar-refractivity contribution in [3.8, 4) is 0 Å². The fourth-order valence-corrected chi connectivity index (χ4v) is 2.85. The molecule has 0 saturated carbocycles. The number of carbonyl (C=O) groups excluding carboxylic acids is 2. The minimum absolute atomic E-state index is 0.0310. The van der Waals surface area contributed by atoms with Gasteiger partial charge in [-0.3, -0.25) is 19.3 Å². The Morgan fingerprint density at radius 2 is 2.21 bits per heavy atom. The molecule has 3 rings (SSSR count). The van der Waals surface area contributed by atoms with Crippen molar-refractivity contribution in [2.45, 2.75) is 12.5 Å². The third-order valence-corrected chi connectivity index (χ3v) is 4.23. The van der Waals surface area contributed by atoms with Crippen LogP contribution in [0.15, 0.2) is 12.3 Å². The molecule has 1 aromatic heterocycles. The molecule has 1 N–H and O–H groups in total. The highest BCUT2D eigenvalue weighted by atomic mass is 16.6. The summed E-state index contributed by atoms with van der Waals surface area (Å²) in [5.74, 6) is 0.651. The summed E-state index contributed by atoms with van der Waals surface area (Å²) in [6.45, 7) is 4.64. The summed E-state index contributed by atoms with van der Waals surface area (Å²) >= 11 is 0. The van der Waals surface area contributed by atoms with Gasteiger partial charge < -0.3 is 14.8 Å². The van der Waals surface area contributed by atoms with Gasteiger partial charge in [-0.2, -0.15) is 5.10 Å². The Hall–Kier alpha value is -2.13. The van der Waals surface area contributed by atoms with Crippen LogP contribution in [0.4, 0.5) is 10.6 Å². The maximum absolute atomic E-state index is 12.0. The molecule has 2 aliphatic heterocycles. The molecule has 3 heterocycles.